The summed E-state index contributed by atoms with van der Waals surface area (Å²) in [7, 11) is 0. The molecule has 0 aliphatic heterocycles. The van der Waals surface area contributed by atoms with Gasteiger partial charge in [-0.05, 0) is 12.5 Å². The Kier molecular flexibility index (Phi) is 2.41. The first-order valence-corrected chi connectivity index (χ1v) is 4.78. The molecule has 2 aromatic rings. The van der Waals surface area contributed by atoms with Crippen LogP contribution in [0.2, 0.25) is 0 Å². The summed E-state index contributed by atoms with van der Waals surface area (Å²) in [5, 5.41) is 0. The lowest BCUT2D eigenvalue weighted by Crippen LogP contribution is -1.85. The summed E-state index contributed by atoms with van der Waals surface area (Å²) in [5.74, 6) is 0. The zero-order chi connectivity index (χ0) is 9.97. The van der Waals surface area contributed by atoms with E-state index in [0.29, 0.717) is 4.64 Å². The van der Waals surface area contributed by atoms with E-state index in [9.17, 15) is 0 Å². The number of aromatic nitrogens is 2. The number of hydrogen-bond donors (Lipinski definition) is 1. The van der Waals surface area contributed by atoms with Crippen molar-refractivity contribution in [3.05, 3.63) is 46.9 Å². The molecule has 70 valence electrons. The third-order valence-electron chi connectivity index (χ3n) is 2.02. The van der Waals surface area contributed by atoms with Crippen molar-refractivity contribution in [3.8, 4) is 11.3 Å². The van der Waals surface area contributed by atoms with Crippen molar-refractivity contribution in [2.45, 2.75) is 6.92 Å². The van der Waals surface area contributed by atoms with Crippen LogP contribution in [0.3, 0.4) is 0 Å². The van der Waals surface area contributed by atoms with E-state index < -0.39 is 0 Å². The number of nitrogens with one attached hydrogen (secondary N) is 1. The van der Waals surface area contributed by atoms with Gasteiger partial charge in [0.05, 0.1) is 18.1 Å². The highest BCUT2D eigenvalue weighted by Gasteiger charge is 1.96. The summed E-state index contributed by atoms with van der Waals surface area (Å²) in [6, 6.07) is 8.24. The van der Waals surface area contributed by atoms with Crippen LogP contribution in [0.25, 0.3) is 11.3 Å². The zero-order valence-electron chi connectivity index (χ0n) is 7.82. The predicted molar refractivity (Wildman–Crippen MR) is 59.6 cm³/mol. The summed E-state index contributed by atoms with van der Waals surface area (Å²) in [6.07, 6.45) is 3.41. The van der Waals surface area contributed by atoms with Crippen LogP contribution in [-0.2, 0) is 0 Å². The topological polar surface area (TPSA) is 28.7 Å². The molecule has 1 N–H and O–H groups in total. The van der Waals surface area contributed by atoms with Crippen LogP contribution >= 0.6 is 12.2 Å². The van der Waals surface area contributed by atoms with Gasteiger partial charge in [0.25, 0.3) is 0 Å². The van der Waals surface area contributed by atoms with Crippen LogP contribution in [-0.4, -0.2) is 9.97 Å². The van der Waals surface area contributed by atoms with Crippen LogP contribution in [0.4, 0.5) is 0 Å². The molecule has 0 saturated carbocycles. The predicted octanol–water partition coefficient (Wildman–Crippen LogP) is 3.11. The average molecular weight is 202 g/mol. The van der Waals surface area contributed by atoms with E-state index in [1.807, 2.05) is 0 Å². The van der Waals surface area contributed by atoms with Crippen LogP contribution in [0.1, 0.15) is 5.56 Å². The van der Waals surface area contributed by atoms with E-state index in [2.05, 4.69) is 41.2 Å². The summed E-state index contributed by atoms with van der Waals surface area (Å²) in [6.45, 7) is 2.06. The Bertz CT molecular complexity index is 485. The van der Waals surface area contributed by atoms with Crippen LogP contribution in [0.15, 0.2) is 36.7 Å². The molecular weight excluding hydrogens is 192 g/mol. The van der Waals surface area contributed by atoms with Crippen molar-refractivity contribution in [2.75, 3.05) is 0 Å². The fourth-order valence-corrected chi connectivity index (χ4v) is 1.43. The third kappa shape index (κ3) is 1.88. The van der Waals surface area contributed by atoms with Gasteiger partial charge in [0.1, 0.15) is 4.64 Å². The summed E-state index contributed by atoms with van der Waals surface area (Å²) in [5.41, 5.74) is 3.31. The van der Waals surface area contributed by atoms with Crippen LogP contribution in [0.5, 0.6) is 0 Å². The highest BCUT2D eigenvalue weighted by molar-refractivity contribution is 7.71. The third-order valence-corrected chi connectivity index (χ3v) is 2.22. The van der Waals surface area contributed by atoms with Crippen molar-refractivity contribution in [3.63, 3.8) is 0 Å². The number of aromatic amines is 1. The van der Waals surface area contributed by atoms with E-state index in [-0.39, 0.29) is 0 Å². The second-order valence-electron chi connectivity index (χ2n) is 3.18. The zero-order valence-corrected chi connectivity index (χ0v) is 8.64. The van der Waals surface area contributed by atoms with Crippen molar-refractivity contribution in [1.29, 1.82) is 0 Å². The summed E-state index contributed by atoms with van der Waals surface area (Å²) >= 11 is 5.01. The standard InChI is InChI=1S/C11H10N2S/c1-8-2-4-9(5-3-8)10-6-12-7-11(14)13-10/h2-7H,1H3,(H,13,14). The molecule has 2 rings (SSSR count). The highest BCUT2D eigenvalue weighted by Crippen LogP contribution is 2.15. The molecule has 14 heavy (non-hydrogen) atoms. The summed E-state index contributed by atoms with van der Waals surface area (Å²) < 4.78 is 0.656. The first kappa shape index (κ1) is 9.09. The number of aryl methyl sites for hydroxylation is 1. The van der Waals surface area contributed by atoms with Gasteiger partial charge < -0.3 is 4.98 Å². The van der Waals surface area contributed by atoms with Gasteiger partial charge in [0.15, 0.2) is 0 Å². The number of H-pyrrole nitrogens is 1. The monoisotopic (exact) mass is 202 g/mol. The van der Waals surface area contributed by atoms with Gasteiger partial charge in [0.2, 0.25) is 0 Å². The second kappa shape index (κ2) is 3.72. The van der Waals surface area contributed by atoms with Gasteiger partial charge in [-0.25, -0.2) is 0 Å². The maximum Gasteiger partial charge on any atom is 0.122 e. The largest absolute Gasteiger partial charge is 0.344 e. The van der Waals surface area contributed by atoms with Crippen molar-refractivity contribution in [2.24, 2.45) is 0 Å². The van der Waals surface area contributed by atoms with Crippen molar-refractivity contribution < 1.29 is 0 Å². The van der Waals surface area contributed by atoms with Crippen LogP contribution < -0.4 is 0 Å². The first-order chi connectivity index (χ1) is 6.75. The molecule has 0 aliphatic carbocycles. The van der Waals surface area contributed by atoms with Gasteiger partial charge >= 0.3 is 0 Å². The molecule has 1 heterocycles. The normalized spacial score (nSPS) is 10.1. The van der Waals surface area contributed by atoms with Gasteiger partial charge in [-0.15, -0.1) is 0 Å². The van der Waals surface area contributed by atoms with Gasteiger partial charge in [-0.2, -0.15) is 0 Å². The fourth-order valence-electron chi connectivity index (χ4n) is 1.26. The molecule has 0 saturated heterocycles. The molecule has 0 aliphatic rings. The number of nitrogens with zero attached hydrogens (tertiary/aromatic N) is 1. The first-order valence-electron chi connectivity index (χ1n) is 4.37. The van der Waals surface area contributed by atoms with Crippen molar-refractivity contribution >= 4 is 12.2 Å². The Morgan fingerprint density at radius 2 is 1.86 bits per heavy atom. The Hall–Kier alpha value is -1.48. The van der Waals surface area contributed by atoms with E-state index in [1.54, 1.807) is 12.4 Å². The molecule has 0 amide bonds. The molecule has 0 radical (unpaired) electrons. The lowest BCUT2D eigenvalue weighted by atomic mass is 10.1. The quantitative estimate of drug-likeness (QED) is 0.720. The van der Waals surface area contributed by atoms with Crippen molar-refractivity contribution in [1.82, 2.24) is 9.97 Å². The molecule has 1 aromatic heterocycles. The molecule has 0 atom stereocenters. The summed E-state index contributed by atoms with van der Waals surface area (Å²) in [4.78, 5) is 7.14. The minimum atomic E-state index is 0.656. The maximum absolute atomic E-state index is 5.01. The molecule has 3 heteroatoms. The smallest absolute Gasteiger partial charge is 0.122 e. The Labute approximate surface area is 87.7 Å². The minimum absolute atomic E-state index is 0.656. The number of benzene rings is 1. The molecule has 1 aromatic carbocycles. The second-order valence-corrected chi connectivity index (χ2v) is 3.62. The van der Waals surface area contributed by atoms with E-state index >= 15 is 0 Å². The number of rotatable bonds is 1. The lowest BCUT2D eigenvalue weighted by molar-refractivity contribution is 1.18. The maximum atomic E-state index is 5.01. The van der Waals surface area contributed by atoms with E-state index in [1.165, 1.54) is 5.56 Å². The van der Waals surface area contributed by atoms with E-state index in [0.717, 1.165) is 11.3 Å². The average Bonchev–Trinajstić information content (AvgIpc) is 2.19. The van der Waals surface area contributed by atoms with Gasteiger partial charge in [-0.3, -0.25) is 4.98 Å². The molecule has 0 unspecified atom stereocenters. The molecule has 0 spiro atoms. The lowest BCUT2D eigenvalue weighted by Gasteiger charge is -2.00. The Morgan fingerprint density at radius 3 is 2.50 bits per heavy atom. The number of hydrogen-bond acceptors (Lipinski definition) is 2. The molecule has 0 bridgehead atoms. The molecule has 2 nitrogen and oxygen atoms in total. The van der Waals surface area contributed by atoms with Gasteiger partial charge in [0, 0.05) is 0 Å². The SMILES string of the molecule is Cc1ccc(-c2cncc(=S)[nH]2)cc1. The highest BCUT2D eigenvalue weighted by atomic mass is 32.1. The fraction of sp³-hybridized carbons (Fsp3) is 0.0909. The molecular formula is C11H10N2S. The molecule has 0 fully saturated rings. The van der Waals surface area contributed by atoms with E-state index in [4.69, 9.17) is 12.2 Å². The van der Waals surface area contributed by atoms with Crippen LogP contribution in [0, 0.1) is 11.6 Å². The Morgan fingerprint density at radius 1 is 1.14 bits per heavy atom. The Balaban J connectivity index is 2.50. The van der Waals surface area contributed by atoms with Gasteiger partial charge in [-0.1, -0.05) is 42.0 Å². The minimum Gasteiger partial charge on any atom is -0.344 e.